The van der Waals surface area contributed by atoms with Gasteiger partial charge in [-0.05, 0) is 74.5 Å². The smallest absolute Gasteiger partial charge is 0.0181 e. The number of hydrogen-bond acceptors (Lipinski definition) is 0. The SMILES string of the molecule is Brc1cccc(-c2ccc3c4c(c5c(c3c2)=CCC=C5)C=CCC=4)c1. The average molecular weight is 385 g/mol. The third-order valence-electron chi connectivity index (χ3n) is 5.11. The van der Waals surface area contributed by atoms with E-state index in [-0.39, 0.29) is 0 Å². The molecule has 0 saturated carbocycles. The fourth-order valence-corrected chi connectivity index (χ4v) is 4.37. The molecule has 2 aliphatic rings. The van der Waals surface area contributed by atoms with Crippen molar-refractivity contribution in [1.29, 1.82) is 0 Å². The van der Waals surface area contributed by atoms with Crippen molar-refractivity contribution in [2.75, 3.05) is 0 Å². The maximum atomic E-state index is 3.59. The first-order chi connectivity index (χ1) is 12.3. The van der Waals surface area contributed by atoms with Gasteiger partial charge in [-0.1, -0.05) is 76.7 Å². The van der Waals surface area contributed by atoms with Crippen molar-refractivity contribution in [3.63, 3.8) is 0 Å². The molecule has 0 fully saturated rings. The van der Waals surface area contributed by atoms with Crippen LogP contribution in [0.25, 0.3) is 46.2 Å². The van der Waals surface area contributed by atoms with Crippen molar-refractivity contribution < 1.29 is 0 Å². The second-order valence-corrected chi connectivity index (χ2v) is 7.53. The van der Waals surface area contributed by atoms with Crippen LogP contribution in [-0.2, 0) is 0 Å². The lowest BCUT2D eigenvalue weighted by atomic mass is 9.88. The van der Waals surface area contributed by atoms with Crippen molar-refractivity contribution in [1.82, 2.24) is 0 Å². The van der Waals surface area contributed by atoms with Crippen LogP contribution in [0.4, 0.5) is 0 Å². The summed E-state index contributed by atoms with van der Waals surface area (Å²) in [6.45, 7) is 0. The van der Waals surface area contributed by atoms with Crippen LogP contribution in [0.2, 0.25) is 0 Å². The molecule has 0 amide bonds. The molecule has 1 heteroatoms. The normalized spacial score (nSPS) is 14.6. The van der Waals surface area contributed by atoms with Crippen molar-refractivity contribution >= 4 is 51.0 Å². The summed E-state index contributed by atoms with van der Waals surface area (Å²) in [6.07, 6.45) is 15.9. The van der Waals surface area contributed by atoms with Crippen molar-refractivity contribution in [3.05, 3.63) is 80.7 Å². The van der Waals surface area contributed by atoms with Gasteiger partial charge >= 0.3 is 0 Å². The van der Waals surface area contributed by atoms with Gasteiger partial charge in [0.05, 0.1) is 0 Å². The number of halogens is 1. The van der Waals surface area contributed by atoms with Crippen molar-refractivity contribution in [2.45, 2.75) is 12.8 Å². The molecule has 0 N–H and O–H groups in total. The number of benzene rings is 3. The van der Waals surface area contributed by atoms with Crippen LogP contribution in [0.15, 0.2) is 59.1 Å². The summed E-state index contributed by atoms with van der Waals surface area (Å²) in [5, 5.41) is 5.50. The van der Waals surface area contributed by atoms with Gasteiger partial charge in [-0.2, -0.15) is 0 Å². The largest absolute Gasteiger partial charge is 0.0801 e. The molecule has 0 spiro atoms. The Morgan fingerprint density at radius 3 is 2.08 bits per heavy atom. The maximum Gasteiger partial charge on any atom is 0.0181 e. The molecule has 0 saturated heterocycles. The second-order valence-electron chi connectivity index (χ2n) is 6.61. The van der Waals surface area contributed by atoms with E-state index in [2.05, 4.69) is 94.9 Å². The van der Waals surface area contributed by atoms with Crippen molar-refractivity contribution in [3.8, 4) is 11.1 Å². The van der Waals surface area contributed by atoms with Gasteiger partial charge in [0, 0.05) is 4.47 Å². The molecule has 0 nitrogen and oxygen atoms in total. The van der Waals surface area contributed by atoms with E-state index in [1.807, 2.05) is 0 Å². The minimum atomic E-state index is 1.01. The summed E-state index contributed by atoms with van der Waals surface area (Å²) in [5.41, 5.74) is 5.26. The minimum Gasteiger partial charge on any atom is -0.0801 e. The molecule has 25 heavy (non-hydrogen) atoms. The Hall–Kier alpha value is -2.38. The molecule has 0 aromatic heterocycles. The quantitative estimate of drug-likeness (QED) is 0.507. The fraction of sp³-hybridized carbons (Fsp3) is 0.0833. The van der Waals surface area contributed by atoms with E-state index < -0.39 is 0 Å². The molecule has 0 heterocycles. The van der Waals surface area contributed by atoms with Crippen LogP contribution < -0.4 is 10.4 Å². The predicted octanol–water partition coefficient (Wildman–Crippen LogP) is 5.66. The third-order valence-corrected chi connectivity index (χ3v) is 5.61. The van der Waals surface area contributed by atoms with E-state index >= 15 is 0 Å². The van der Waals surface area contributed by atoms with E-state index in [4.69, 9.17) is 0 Å². The first-order valence-electron chi connectivity index (χ1n) is 8.70. The number of fused-ring (bicyclic) bond motifs is 6. The van der Waals surface area contributed by atoms with E-state index in [0.717, 1.165) is 17.3 Å². The summed E-state index contributed by atoms with van der Waals surface area (Å²) in [6, 6.07) is 15.4. The minimum absolute atomic E-state index is 1.01. The molecule has 3 aromatic rings. The summed E-state index contributed by atoms with van der Waals surface area (Å²) >= 11 is 3.59. The van der Waals surface area contributed by atoms with Crippen LogP contribution in [0, 0.1) is 0 Å². The van der Waals surface area contributed by atoms with Crippen LogP contribution >= 0.6 is 15.9 Å². The molecule has 0 bridgehead atoms. The lowest BCUT2D eigenvalue weighted by Crippen LogP contribution is -2.22. The Balaban J connectivity index is 1.89. The van der Waals surface area contributed by atoms with Gasteiger partial charge in [-0.25, -0.2) is 0 Å². The summed E-state index contributed by atoms with van der Waals surface area (Å²) in [7, 11) is 0. The topological polar surface area (TPSA) is 0 Å². The average Bonchev–Trinajstić information content (AvgIpc) is 2.68. The Kier molecular flexibility index (Phi) is 3.50. The highest BCUT2D eigenvalue weighted by Gasteiger charge is 2.12. The first-order valence-corrected chi connectivity index (χ1v) is 9.50. The maximum absolute atomic E-state index is 3.59. The van der Waals surface area contributed by atoms with Gasteiger partial charge in [0.15, 0.2) is 0 Å². The lowest BCUT2D eigenvalue weighted by molar-refractivity contribution is 1.38. The zero-order valence-electron chi connectivity index (χ0n) is 13.8. The molecule has 3 aromatic carbocycles. The Bertz CT molecular complexity index is 1190. The van der Waals surface area contributed by atoms with Gasteiger partial charge in [0.25, 0.3) is 0 Å². The third kappa shape index (κ3) is 2.42. The standard InChI is InChI=1S/C24H17Br/c25-18-7-5-6-16(14-18)17-12-13-23-21-10-2-1-8-19(21)20-9-3-4-11-22(20)24(23)15-17/h1,3,5-15H,2,4H2. The Morgan fingerprint density at radius 1 is 0.680 bits per heavy atom. The van der Waals surface area contributed by atoms with Crippen molar-refractivity contribution in [2.24, 2.45) is 0 Å². The van der Waals surface area contributed by atoms with E-state index in [0.29, 0.717) is 0 Å². The molecular formula is C24H17Br. The van der Waals surface area contributed by atoms with Gasteiger partial charge in [0.1, 0.15) is 0 Å². The van der Waals surface area contributed by atoms with Gasteiger partial charge in [0.2, 0.25) is 0 Å². The Labute approximate surface area is 155 Å². The summed E-state index contributed by atoms with van der Waals surface area (Å²) in [4.78, 5) is 0. The molecule has 0 radical (unpaired) electrons. The highest BCUT2D eigenvalue weighted by Crippen LogP contribution is 2.26. The molecular weight excluding hydrogens is 368 g/mol. The molecule has 0 unspecified atom stereocenters. The zero-order valence-corrected chi connectivity index (χ0v) is 15.4. The highest BCUT2D eigenvalue weighted by atomic mass is 79.9. The summed E-state index contributed by atoms with van der Waals surface area (Å²) in [5.74, 6) is 0. The number of allylic oxidation sites excluding steroid dienone is 2. The lowest BCUT2D eigenvalue weighted by Gasteiger charge is -2.16. The van der Waals surface area contributed by atoms with Gasteiger partial charge in [-0.15, -0.1) is 0 Å². The van der Waals surface area contributed by atoms with Crippen LogP contribution in [0.5, 0.6) is 0 Å². The number of rotatable bonds is 1. The van der Waals surface area contributed by atoms with E-state index in [9.17, 15) is 0 Å². The molecule has 5 rings (SSSR count). The molecule has 0 atom stereocenters. The van der Waals surface area contributed by atoms with Crippen LogP contribution in [0.1, 0.15) is 24.0 Å². The van der Waals surface area contributed by atoms with Gasteiger partial charge in [-0.3, -0.25) is 0 Å². The number of hydrogen-bond donors (Lipinski definition) is 0. The van der Waals surface area contributed by atoms with E-state index in [1.54, 1.807) is 0 Å². The van der Waals surface area contributed by atoms with Crippen LogP contribution in [0.3, 0.4) is 0 Å². The van der Waals surface area contributed by atoms with E-state index in [1.165, 1.54) is 43.5 Å². The first kappa shape index (κ1) is 14.9. The second kappa shape index (κ2) is 5.86. The molecule has 0 aliphatic heterocycles. The van der Waals surface area contributed by atoms with Crippen LogP contribution in [-0.4, -0.2) is 0 Å². The highest BCUT2D eigenvalue weighted by molar-refractivity contribution is 9.10. The summed E-state index contributed by atoms with van der Waals surface area (Å²) < 4.78 is 1.12. The predicted molar refractivity (Wildman–Crippen MR) is 113 cm³/mol. The monoisotopic (exact) mass is 384 g/mol. The fourth-order valence-electron chi connectivity index (χ4n) is 3.97. The zero-order chi connectivity index (χ0) is 16.8. The van der Waals surface area contributed by atoms with Gasteiger partial charge < -0.3 is 0 Å². The molecule has 2 aliphatic carbocycles. The Morgan fingerprint density at radius 2 is 1.36 bits per heavy atom. The molecule has 120 valence electrons.